The van der Waals surface area contributed by atoms with E-state index in [4.69, 9.17) is 46.0 Å². The number of hydrogen-bond acceptors (Lipinski definition) is 7. The van der Waals surface area contributed by atoms with Crippen molar-refractivity contribution in [1.29, 1.82) is 0 Å². The molecule has 2 unspecified atom stereocenters. The molecular weight excluding hydrogens is 473 g/mol. The summed E-state index contributed by atoms with van der Waals surface area (Å²) in [6.45, 7) is 0. The molecule has 7 nitrogen and oxygen atoms in total. The third-order valence-electron chi connectivity index (χ3n) is 3.48. The first-order valence-electron chi connectivity index (χ1n) is 8.29. The predicted octanol–water partition coefficient (Wildman–Crippen LogP) is 7.23. The van der Waals surface area contributed by atoms with Crippen LogP contribution in [0, 0.1) is 0 Å². The van der Waals surface area contributed by atoms with Crippen molar-refractivity contribution in [3.05, 3.63) is 76.8 Å². The molecule has 0 aliphatic heterocycles. The first-order valence-corrected chi connectivity index (χ1v) is 11.2. The number of hydrogen-bond donors (Lipinski definition) is 0. The molecule has 0 aromatic heterocycles. The number of methoxy groups -OCH3 is 1. The molecule has 3 rings (SSSR count). The fourth-order valence-electron chi connectivity index (χ4n) is 2.20. The van der Waals surface area contributed by atoms with Crippen molar-refractivity contribution in [3.8, 4) is 28.7 Å². The highest BCUT2D eigenvalue weighted by Crippen LogP contribution is 2.44. The van der Waals surface area contributed by atoms with Crippen LogP contribution in [0.1, 0.15) is 0 Å². The number of rotatable bonds is 9. The van der Waals surface area contributed by atoms with Crippen LogP contribution in [0.5, 0.6) is 28.7 Å². The third kappa shape index (κ3) is 6.22. The van der Waals surface area contributed by atoms with Crippen LogP contribution in [0.15, 0.2) is 66.7 Å². The van der Waals surface area contributed by atoms with E-state index >= 15 is 0 Å². The summed E-state index contributed by atoms with van der Waals surface area (Å²) in [5, 5.41) is 1.03. The Morgan fingerprint density at radius 3 is 1.40 bits per heavy atom. The van der Waals surface area contributed by atoms with Crippen molar-refractivity contribution >= 4 is 39.7 Å². The zero-order valence-electron chi connectivity index (χ0n) is 15.4. The highest BCUT2D eigenvalue weighted by molar-refractivity contribution is 7.34. The van der Waals surface area contributed by atoms with E-state index in [-0.39, 0.29) is 17.2 Å². The van der Waals surface area contributed by atoms with Gasteiger partial charge in [0.2, 0.25) is 17.2 Å². The van der Waals surface area contributed by atoms with Gasteiger partial charge in [0, 0.05) is 19.2 Å². The average molecular weight is 487 g/mol. The van der Waals surface area contributed by atoms with E-state index < -0.39 is 16.5 Å². The second-order valence-electron chi connectivity index (χ2n) is 5.51. The molecule has 3 aromatic carbocycles. The van der Waals surface area contributed by atoms with Crippen molar-refractivity contribution in [3.63, 3.8) is 0 Å². The Morgan fingerprint density at radius 1 is 0.633 bits per heavy atom. The van der Waals surface area contributed by atoms with Crippen molar-refractivity contribution < 1.29 is 32.0 Å². The molecule has 11 heteroatoms. The molecule has 0 amide bonds. The zero-order chi connectivity index (χ0) is 21.5. The van der Waals surface area contributed by atoms with Crippen LogP contribution < -0.4 is 22.8 Å². The monoisotopic (exact) mass is 486 g/mol. The van der Waals surface area contributed by atoms with Crippen molar-refractivity contribution in [2.45, 2.75) is 0 Å². The zero-order valence-corrected chi connectivity index (χ0v) is 18.7. The molecule has 2 atom stereocenters. The van der Waals surface area contributed by atoms with E-state index in [1.807, 2.05) is 0 Å². The lowest BCUT2D eigenvalue weighted by Crippen LogP contribution is -1.96. The lowest BCUT2D eigenvalue weighted by Gasteiger charge is -2.05. The van der Waals surface area contributed by atoms with Crippen LogP contribution in [0.3, 0.4) is 0 Å². The van der Waals surface area contributed by atoms with Gasteiger partial charge in [-0.25, -0.2) is 18.1 Å². The molecule has 0 spiro atoms. The average Bonchev–Trinajstić information content (AvgIpc) is 2.71. The molecule has 0 aliphatic carbocycles. The predicted molar refractivity (Wildman–Crippen MR) is 114 cm³/mol. The van der Waals surface area contributed by atoms with Gasteiger partial charge in [-0.1, -0.05) is 29.3 Å². The fraction of sp³-hybridized carbons (Fsp3) is 0.0526. The van der Waals surface area contributed by atoms with Gasteiger partial charge in [-0.05, 0) is 60.7 Å². The summed E-state index contributed by atoms with van der Waals surface area (Å²) in [5.41, 5.74) is 0. The van der Waals surface area contributed by atoms with Gasteiger partial charge in [-0.15, -0.1) is 0 Å². The van der Waals surface area contributed by atoms with Gasteiger partial charge in [0.15, 0.2) is 11.5 Å². The topological polar surface area (TPSA) is 80.3 Å². The highest BCUT2D eigenvalue weighted by atomic mass is 35.5. The van der Waals surface area contributed by atoms with Crippen LogP contribution in [-0.4, -0.2) is 7.11 Å². The summed E-state index contributed by atoms with van der Waals surface area (Å²) in [5.74, 6) is 0.834. The second kappa shape index (κ2) is 10.5. The fourth-order valence-corrected chi connectivity index (χ4v) is 3.72. The highest BCUT2D eigenvalue weighted by Gasteiger charge is 2.32. The van der Waals surface area contributed by atoms with E-state index in [1.165, 1.54) is 19.2 Å². The molecule has 0 aliphatic rings. The Morgan fingerprint density at radius 2 is 1.03 bits per heavy atom. The lowest BCUT2D eigenvalue weighted by atomic mass is 10.3. The van der Waals surface area contributed by atoms with Crippen LogP contribution in [-0.2, 0) is 9.13 Å². The normalized spacial score (nSPS) is 11.3. The maximum atomic E-state index is 12.2. The van der Waals surface area contributed by atoms with Gasteiger partial charge in [0.25, 0.3) is 0 Å². The first-order chi connectivity index (χ1) is 14.4. The molecule has 0 heterocycles. The molecule has 0 bridgehead atoms. The molecular formula is C19H14Cl2O7P2+2. The summed E-state index contributed by atoms with van der Waals surface area (Å²) < 4.78 is 50.8. The lowest BCUT2D eigenvalue weighted by molar-refractivity contribution is 0.354. The Balaban J connectivity index is 1.68. The van der Waals surface area contributed by atoms with E-state index in [2.05, 4.69) is 0 Å². The minimum Gasteiger partial charge on any atom is -0.489 e. The van der Waals surface area contributed by atoms with Crippen molar-refractivity contribution in [2.24, 2.45) is 0 Å². The van der Waals surface area contributed by atoms with Gasteiger partial charge < -0.3 is 4.74 Å². The van der Waals surface area contributed by atoms with Crippen LogP contribution in [0.4, 0.5) is 0 Å². The third-order valence-corrected chi connectivity index (χ3v) is 5.40. The van der Waals surface area contributed by atoms with Gasteiger partial charge in [-0.2, -0.15) is 0 Å². The van der Waals surface area contributed by atoms with Crippen molar-refractivity contribution in [1.82, 2.24) is 0 Å². The molecule has 0 saturated carbocycles. The summed E-state index contributed by atoms with van der Waals surface area (Å²) in [6, 6.07) is 17.1. The van der Waals surface area contributed by atoms with Gasteiger partial charge in [0.05, 0.1) is 7.11 Å². The maximum Gasteiger partial charge on any atom is 0.805 e. The number of ether oxygens (including phenoxy) is 1. The molecule has 3 aromatic rings. The summed E-state index contributed by atoms with van der Waals surface area (Å²) >= 11 is 11.6. The summed E-state index contributed by atoms with van der Waals surface area (Å²) in [7, 11) is -3.81. The molecule has 0 fully saturated rings. The second-order valence-corrected chi connectivity index (χ2v) is 8.01. The molecule has 0 saturated heterocycles. The summed E-state index contributed by atoms with van der Waals surface area (Å²) in [6.07, 6.45) is 0. The Kier molecular flexibility index (Phi) is 7.72. The largest absolute Gasteiger partial charge is 0.805 e. The van der Waals surface area contributed by atoms with E-state index in [0.717, 1.165) is 0 Å². The van der Waals surface area contributed by atoms with E-state index in [9.17, 15) is 9.13 Å². The number of para-hydroxylation sites is 1. The van der Waals surface area contributed by atoms with Crippen molar-refractivity contribution in [2.75, 3.05) is 7.11 Å². The van der Waals surface area contributed by atoms with Gasteiger partial charge >= 0.3 is 16.5 Å². The molecule has 0 N–H and O–H groups in total. The van der Waals surface area contributed by atoms with Crippen LogP contribution in [0.2, 0.25) is 10.0 Å². The van der Waals surface area contributed by atoms with E-state index in [1.54, 1.807) is 54.6 Å². The Hall–Kier alpha value is -2.56. The molecule has 154 valence electrons. The first kappa shape index (κ1) is 22.1. The van der Waals surface area contributed by atoms with Gasteiger partial charge in [-0.3, -0.25) is 0 Å². The number of benzene rings is 3. The quantitative estimate of drug-likeness (QED) is 0.295. The Labute approximate surface area is 184 Å². The van der Waals surface area contributed by atoms with Crippen LogP contribution >= 0.6 is 39.7 Å². The minimum atomic E-state index is -2.59. The SMILES string of the molecule is COc1c(O[P+](=O)Oc2ccc(Cl)cc2)cccc1O[P+](=O)Oc1ccc(Cl)cc1. The smallest absolute Gasteiger partial charge is 0.489 e. The number of halogens is 2. The van der Waals surface area contributed by atoms with Gasteiger partial charge in [0.1, 0.15) is 0 Å². The van der Waals surface area contributed by atoms with Crippen LogP contribution in [0.25, 0.3) is 0 Å². The minimum absolute atomic E-state index is 0.0694. The molecule has 30 heavy (non-hydrogen) atoms. The maximum absolute atomic E-state index is 12.2. The van der Waals surface area contributed by atoms with E-state index in [0.29, 0.717) is 21.5 Å². The summed E-state index contributed by atoms with van der Waals surface area (Å²) in [4.78, 5) is 0. The standard InChI is InChI=1S/C19H14Cl2O7P2/c1-24-19-17(27-29(22)25-15-9-5-13(20)6-10-15)3-2-4-18(19)28-30(23)26-16-11-7-14(21)8-12-16/h2-12H,1H3/q+2. The molecule has 0 radical (unpaired) electrons. The Bertz CT molecular complexity index is 964.